The first-order valence-electron chi connectivity index (χ1n) is 9.03. The third-order valence-corrected chi connectivity index (χ3v) is 6.61. The zero-order chi connectivity index (χ0) is 18.4. The summed E-state index contributed by atoms with van der Waals surface area (Å²) in [7, 11) is 0. The molecule has 2 unspecified atom stereocenters. The summed E-state index contributed by atoms with van der Waals surface area (Å²) in [6, 6.07) is 11.9. The van der Waals surface area contributed by atoms with Gasteiger partial charge < -0.3 is 19.5 Å². The van der Waals surface area contributed by atoms with Crippen molar-refractivity contribution in [3.05, 3.63) is 59.4 Å². The summed E-state index contributed by atoms with van der Waals surface area (Å²) in [6.45, 7) is 1.62. The fourth-order valence-electron chi connectivity index (χ4n) is 3.89. The summed E-state index contributed by atoms with van der Waals surface area (Å²) in [4.78, 5) is 6.63. The predicted octanol–water partition coefficient (Wildman–Crippen LogP) is 4.06. The smallest absolute Gasteiger partial charge is 0.231 e. The van der Waals surface area contributed by atoms with Crippen molar-refractivity contribution in [1.29, 1.82) is 0 Å². The molecular formula is C20H20ClFN2O3S. The summed E-state index contributed by atoms with van der Waals surface area (Å²) in [5, 5.41) is 12.4. The van der Waals surface area contributed by atoms with Gasteiger partial charge in [-0.3, -0.25) is 4.99 Å². The SMILES string of the molecule is Cl.OC1(c2ccc3c(c2)OCO3)C(c2cccc(F)c2)SC2=NCCCCN21. The number of aliphatic hydroxyl groups is 1. The third-order valence-electron chi connectivity index (χ3n) is 5.22. The van der Waals surface area contributed by atoms with Crippen LogP contribution in [0.3, 0.4) is 0 Å². The van der Waals surface area contributed by atoms with Gasteiger partial charge >= 0.3 is 0 Å². The molecule has 3 aliphatic rings. The third kappa shape index (κ3) is 3.02. The second-order valence-electron chi connectivity index (χ2n) is 6.87. The number of benzene rings is 2. The van der Waals surface area contributed by atoms with Crippen molar-refractivity contribution in [3.8, 4) is 11.5 Å². The molecule has 3 aliphatic heterocycles. The summed E-state index contributed by atoms with van der Waals surface area (Å²) in [5.41, 5.74) is 0.0827. The van der Waals surface area contributed by atoms with Crippen molar-refractivity contribution >= 4 is 29.3 Å². The molecule has 0 aromatic heterocycles. The van der Waals surface area contributed by atoms with E-state index in [1.807, 2.05) is 29.2 Å². The fourth-order valence-corrected chi connectivity index (χ4v) is 5.33. The van der Waals surface area contributed by atoms with Gasteiger partial charge in [0.15, 0.2) is 22.4 Å². The minimum Gasteiger partial charge on any atom is -0.454 e. The van der Waals surface area contributed by atoms with Crippen LogP contribution in [-0.4, -0.2) is 35.1 Å². The highest BCUT2D eigenvalue weighted by molar-refractivity contribution is 8.14. The maximum atomic E-state index is 13.9. The van der Waals surface area contributed by atoms with Crippen molar-refractivity contribution < 1.29 is 19.0 Å². The van der Waals surface area contributed by atoms with E-state index < -0.39 is 11.0 Å². The molecule has 3 heterocycles. The monoisotopic (exact) mass is 422 g/mol. The van der Waals surface area contributed by atoms with Crippen molar-refractivity contribution in [3.63, 3.8) is 0 Å². The van der Waals surface area contributed by atoms with Gasteiger partial charge in [-0.25, -0.2) is 4.39 Å². The average Bonchev–Trinajstić information content (AvgIpc) is 3.16. The van der Waals surface area contributed by atoms with E-state index in [0.29, 0.717) is 23.6 Å². The Morgan fingerprint density at radius 2 is 2.00 bits per heavy atom. The zero-order valence-electron chi connectivity index (χ0n) is 15.0. The number of aliphatic imine (C=N–C) groups is 1. The van der Waals surface area contributed by atoms with E-state index in [0.717, 1.165) is 30.1 Å². The topological polar surface area (TPSA) is 54.3 Å². The Morgan fingerprint density at radius 1 is 1.14 bits per heavy atom. The highest BCUT2D eigenvalue weighted by Gasteiger charge is 2.53. The van der Waals surface area contributed by atoms with E-state index in [1.54, 1.807) is 6.07 Å². The van der Waals surface area contributed by atoms with Gasteiger partial charge in [0.25, 0.3) is 0 Å². The zero-order valence-corrected chi connectivity index (χ0v) is 16.6. The lowest BCUT2D eigenvalue weighted by atomic mass is 9.92. The Morgan fingerprint density at radius 3 is 2.86 bits per heavy atom. The summed E-state index contributed by atoms with van der Waals surface area (Å²) in [6.07, 6.45) is 1.93. The highest BCUT2D eigenvalue weighted by Crippen LogP contribution is 2.55. The largest absolute Gasteiger partial charge is 0.454 e. The van der Waals surface area contributed by atoms with Crippen LogP contribution < -0.4 is 9.47 Å². The van der Waals surface area contributed by atoms with E-state index in [1.165, 1.54) is 23.9 Å². The van der Waals surface area contributed by atoms with Gasteiger partial charge in [-0.1, -0.05) is 30.0 Å². The molecule has 2 atom stereocenters. The molecule has 0 aliphatic carbocycles. The van der Waals surface area contributed by atoms with Crippen LogP contribution >= 0.6 is 24.2 Å². The van der Waals surface area contributed by atoms with Gasteiger partial charge in [0.2, 0.25) is 6.79 Å². The molecule has 2 aromatic carbocycles. The number of hydrogen-bond acceptors (Lipinski definition) is 6. The minimum absolute atomic E-state index is 0. The Balaban J connectivity index is 0.00000192. The maximum absolute atomic E-state index is 13.9. The predicted molar refractivity (Wildman–Crippen MR) is 109 cm³/mol. The van der Waals surface area contributed by atoms with Crippen molar-refractivity contribution in [2.75, 3.05) is 19.9 Å². The van der Waals surface area contributed by atoms with Crippen LogP contribution in [0.1, 0.15) is 29.2 Å². The average molecular weight is 423 g/mol. The van der Waals surface area contributed by atoms with E-state index in [2.05, 4.69) is 4.99 Å². The van der Waals surface area contributed by atoms with Gasteiger partial charge in [0.05, 0.1) is 5.25 Å². The van der Waals surface area contributed by atoms with Gasteiger partial charge in [-0.2, -0.15) is 0 Å². The maximum Gasteiger partial charge on any atom is 0.231 e. The van der Waals surface area contributed by atoms with Gasteiger partial charge in [-0.15, -0.1) is 12.4 Å². The van der Waals surface area contributed by atoms with E-state index in [4.69, 9.17) is 9.47 Å². The first-order chi connectivity index (χ1) is 13.2. The molecular weight excluding hydrogens is 403 g/mol. The molecule has 0 saturated carbocycles. The Kier molecular flexibility index (Phi) is 5.16. The summed E-state index contributed by atoms with van der Waals surface area (Å²) in [5.74, 6) is 0.967. The molecule has 0 radical (unpaired) electrons. The van der Waals surface area contributed by atoms with Crippen LogP contribution in [0.15, 0.2) is 47.5 Å². The summed E-state index contributed by atoms with van der Waals surface area (Å²) < 4.78 is 24.8. The van der Waals surface area contributed by atoms with Crippen molar-refractivity contribution in [2.45, 2.75) is 23.8 Å². The van der Waals surface area contributed by atoms with Crippen LogP contribution in [0.4, 0.5) is 4.39 Å². The number of rotatable bonds is 2. The number of hydrogen-bond donors (Lipinski definition) is 1. The lowest BCUT2D eigenvalue weighted by molar-refractivity contribution is -0.0713. The lowest BCUT2D eigenvalue weighted by Crippen LogP contribution is -2.46. The van der Waals surface area contributed by atoms with E-state index in [-0.39, 0.29) is 25.0 Å². The molecule has 0 bridgehead atoms. The molecule has 1 fully saturated rings. The van der Waals surface area contributed by atoms with Crippen LogP contribution in [0.2, 0.25) is 0 Å². The molecule has 0 spiro atoms. The van der Waals surface area contributed by atoms with Crippen LogP contribution in [0.5, 0.6) is 11.5 Å². The van der Waals surface area contributed by atoms with E-state index >= 15 is 0 Å². The van der Waals surface area contributed by atoms with Crippen LogP contribution in [-0.2, 0) is 5.72 Å². The highest BCUT2D eigenvalue weighted by atomic mass is 35.5. The lowest BCUT2D eigenvalue weighted by Gasteiger charge is -2.38. The molecule has 1 saturated heterocycles. The normalized spacial score (nSPS) is 25.6. The van der Waals surface area contributed by atoms with E-state index in [9.17, 15) is 9.50 Å². The van der Waals surface area contributed by atoms with Gasteiger partial charge in [0.1, 0.15) is 5.82 Å². The minimum atomic E-state index is -1.34. The van der Waals surface area contributed by atoms with Crippen molar-refractivity contribution in [2.24, 2.45) is 4.99 Å². The Labute approximate surface area is 173 Å². The van der Waals surface area contributed by atoms with Crippen molar-refractivity contribution in [1.82, 2.24) is 4.90 Å². The molecule has 0 amide bonds. The number of nitrogens with zero attached hydrogens (tertiary/aromatic N) is 2. The van der Waals surface area contributed by atoms with Crippen LogP contribution in [0.25, 0.3) is 0 Å². The number of thioether (sulfide) groups is 1. The second-order valence-corrected chi connectivity index (χ2v) is 7.94. The first kappa shape index (κ1) is 19.4. The molecule has 5 nitrogen and oxygen atoms in total. The molecule has 8 heteroatoms. The standard InChI is InChI=1S/C20H19FN2O3S.ClH/c21-15-5-3-4-13(10-15)18-20(24,23-9-2-1-8-22-19(23)27-18)14-6-7-16-17(11-14)26-12-25-16;/h3-7,10-11,18,24H,1-2,8-9,12H2;1H. The second kappa shape index (κ2) is 7.46. The Bertz CT molecular complexity index is 928. The number of ether oxygens (including phenoxy) is 2. The molecule has 148 valence electrons. The van der Waals surface area contributed by atoms with Gasteiger partial charge in [-0.05, 0) is 42.7 Å². The number of halogens is 2. The quantitative estimate of drug-likeness (QED) is 0.790. The summed E-state index contributed by atoms with van der Waals surface area (Å²) >= 11 is 1.49. The first-order valence-corrected chi connectivity index (χ1v) is 9.91. The Hall–Kier alpha value is -1.96. The van der Waals surface area contributed by atoms with Gasteiger partial charge in [0, 0.05) is 18.7 Å². The molecule has 1 N–H and O–H groups in total. The molecule has 2 aromatic rings. The number of amidine groups is 1. The molecule has 5 rings (SSSR count). The molecule has 28 heavy (non-hydrogen) atoms. The fraction of sp³-hybridized carbons (Fsp3) is 0.350. The number of fused-ring (bicyclic) bond motifs is 2. The van der Waals surface area contributed by atoms with Crippen LogP contribution in [0, 0.1) is 5.82 Å².